The Morgan fingerprint density at radius 2 is 1.79 bits per heavy atom. The number of fused-ring (bicyclic) bond motifs is 4. The van der Waals surface area contributed by atoms with Crippen molar-refractivity contribution in [2.24, 2.45) is 0 Å². The van der Waals surface area contributed by atoms with Crippen molar-refractivity contribution in [3.8, 4) is 11.5 Å². The molecule has 2 aromatic carbocycles. The van der Waals surface area contributed by atoms with Crippen LogP contribution < -0.4 is 14.8 Å². The van der Waals surface area contributed by atoms with Crippen molar-refractivity contribution in [3.63, 3.8) is 0 Å². The van der Waals surface area contributed by atoms with E-state index in [0.717, 1.165) is 44.8 Å². The zero-order chi connectivity index (χ0) is 23.7. The van der Waals surface area contributed by atoms with Gasteiger partial charge in [-0.05, 0) is 35.2 Å². The van der Waals surface area contributed by atoms with Crippen molar-refractivity contribution in [3.05, 3.63) is 58.7 Å². The smallest absolute Gasteiger partial charge is 0.254 e. The number of amides is 2. The topological polar surface area (TPSA) is 80.3 Å². The molecular formula is C26H31N3O5. The van der Waals surface area contributed by atoms with Crippen LogP contribution in [0.1, 0.15) is 39.0 Å². The van der Waals surface area contributed by atoms with E-state index in [1.807, 2.05) is 23.1 Å². The highest BCUT2D eigenvalue weighted by Gasteiger charge is 2.46. The first-order valence-electron chi connectivity index (χ1n) is 11.8. The van der Waals surface area contributed by atoms with Gasteiger partial charge in [0.15, 0.2) is 11.5 Å². The Kier molecular flexibility index (Phi) is 6.43. The Balaban J connectivity index is 1.51. The van der Waals surface area contributed by atoms with Gasteiger partial charge in [0.25, 0.3) is 5.91 Å². The number of carbonyl (C=O) groups excluding carboxylic acids is 2. The summed E-state index contributed by atoms with van der Waals surface area (Å²) in [6.45, 7) is 5.08. The van der Waals surface area contributed by atoms with Crippen LogP contribution in [-0.4, -0.2) is 81.8 Å². The Hall–Kier alpha value is -3.10. The molecule has 0 spiro atoms. The third kappa shape index (κ3) is 4.01. The molecule has 34 heavy (non-hydrogen) atoms. The zero-order valence-electron chi connectivity index (χ0n) is 19.7. The predicted octanol–water partition coefficient (Wildman–Crippen LogP) is 1.99. The van der Waals surface area contributed by atoms with Gasteiger partial charge in [0.2, 0.25) is 5.91 Å². The fraction of sp³-hybridized carbons (Fsp3) is 0.462. The second kappa shape index (κ2) is 9.64. The lowest BCUT2D eigenvalue weighted by Gasteiger charge is -2.45. The lowest BCUT2D eigenvalue weighted by molar-refractivity contribution is -0.124. The number of ether oxygens (including phenoxy) is 3. The Bertz CT molecular complexity index is 1080. The molecular weight excluding hydrogens is 434 g/mol. The van der Waals surface area contributed by atoms with Gasteiger partial charge in [-0.3, -0.25) is 14.5 Å². The molecule has 8 heteroatoms. The van der Waals surface area contributed by atoms with E-state index < -0.39 is 5.92 Å². The first-order valence-corrected chi connectivity index (χ1v) is 11.8. The molecule has 180 valence electrons. The second-order valence-electron chi connectivity index (χ2n) is 8.91. The fourth-order valence-electron chi connectivity index (χ4n) is 5.40. The average molecular weight is 466 g/mol. The van der Waals surface area contributed by atoms with E-state index in [9.17, 15) is 9.59 Å². The molecule has 1 N–H and O–H groups in total. The van der Waals surface area contributed by atoms with Crippen LogP contribution in [0.4, 0.5) is 0 Å². The quantitative estimate of drug-likeness (QED) is 0.703. The molecule has 0 unspecified atom stereocenters. The molecule has 8 nitrogen and oxygen atoms in total. The van der Waals surface area contributed by atoms with Gasteiger partial charge < -0.3 is 24.4 Å². The summed E-state index contributed by atoms with van der Waals surface area (Å²) in [6, 6.07) is 11.3. The summed E-state index contributed by atoms with van der Waals surface area (Å²) >= 11 is 0. The maximum atomic E-state index is 13.8. The lowest BCUT2D eigenvalue weighted by atomic mass is 9.75. The number of nitrogens with zero attached hydrogens (tertiary/aromatic N) is 2. The second-order valence-corrected chi connectivity index (χ2v) is 8.91. The van der Waals surface area contributed by atoms with Gasteiger partial charge in [-0.2, -0.15) is 0 Å². The molecule has 0 aliphatic carbocycles. The van der Waals surface area contributed by atoms with Gasteiger partial charge in [-0.15, -0.1) is 0 Å². The van der Waals surface area contributed by atoms with Crippen LogP contribution in [0.5, 0.6) is 11.5 Å². The number of morpholine rings is 1. The predicted molar refractivity (Wildman–Crippen MR) is 126 cm³/mol. The van der Waals surface area contributed by atoms with Crippen LogP contribution in [0.15, 0.2) is 36.4 Å². The third-order valence-corrected chi connectivity index (χ3v) is 7.14. The first-order chi connectivity index (χ1) is 16.6. The summed E-state index contributed by atoms with van der Waals surface area (Å²) in [5.74, 6) is 0.294. The molecule has 3 aliphatic rings. The van der Waals surface area contributed by atoms with E-state index in [-0.39, 0.29) is 17.9 Å². The number of hydrogen-bond donors (Lipinski definition) is 1. The largest absolute Gasteiger partial charge is 0.493 e. The lowest BCUT2D eigenvalue weighted by Crippen LogP contribution is -2.50. The van der Waals surface area contributed by atoms with Crippen LogP contribution in [-0.2, 0) is 16.0 Å². The molecule has 0 saturated carbocycles. The van der Waals surface area contributed by atoms with Gasteiger partial charge in [-0.25, -0.2) is 0 Å². The molecule has 3 aliphatic heterocycles. The standard InChI is InChI=1S/C26H31N3O5/c1-32-21-15-19-20(16-22(21)33-2)26(31)29-9-7-17-5-3-4-6-18(17)24(29)23(19)25(30)27-8-10-28-11-13-34-14-12-28/h3-6,15-16,23-24H,7-14H2,1-2H3,(H,27,30)/t23-,24+/m1/s1. The Morgan fingerprint density at radius 1 is 1.06 bits per heavy atom. The summed E-state index contributed by atoms with van der Waals surface area (Å²) in [5.41, 5.74) is 3.41. The molecule has 1 saturated heterocycles. The van der Waals surface area contributed by atoms with Crippen molar-refractivity contribution < 1.29 is 23.8 Å². The average Bonchev–Trinajstić information content (AvgIpc) is 2.88. The summed E-state index contributed by atoms with van der Waals surface area (Å²) < 4.78 is 16.4. The van der Waals surface area contributed by atoms with Gasteiger partial charge in [-0.1, -0.05) is 24.3 Å². The van der Waals surface area contributed by atoms with Gasteiger partial charge in [0.05, 0.1) is 39.4 Å². The molecule has 2 aromatic rings. The maximum Gasteiger partial charge on any atom is 0.254 e. The van der Waals surface area contributed by atoms with E-state index in [4.69, 9.17) is 14.2 Å². The summed E-state index contributed by atoms with van der Waals surface area (Å²) in [6.07, 6.45) is 0.770. The van der Waals surface area contributed by atoms with E-state index in [2.05, 4.69) is 16.3 Å². The van der Waals surface area contributed by atoms with E-state index >= 15 is 0 Å². The van der Waals surface area contributed by atoms with Crippen molar-refractivity contribution in [2.75, 3.05) is 60.2 Å². The van der Waals surface area contributed by atoms with E-state index in [1.165, 1.54) is 5.56 Å². The van der Waals surface area contributed by atoms with Crippen LogP contribution >= 0.6 is 0 Å². The van der Waals surface area contributed by atoms with Gasteiger partial charge in [0.1, 0.15) is 0 Å². The minimum Gasteiger partial charge on any atom is -0.493 e. The number of hydrogen-bond acceptors (Lipinski definition) is 6. The van der Waals surface area contributed by atoms with Crippen molar-refractivity contribution in [2.45, 2.75) is 18.4 Å². The molecule has 5 rings (SSSR count). The fourth-order valence-corrected chi connectivity index (χ4v) is 5.40. The minimum atomic E-state index is -0.543. The molecule has 3 heterocycles. The Labute approximate surface area is 199 Å². The zero-order valence-corrected chi connectivity index (χ0v) is 19.7. The highest BCUT2D eigenvalue weighted by Crippen LogP contribution is 2.48. The highest BCUT2D eigenvalue weighted by molar-refractivity contribution is 6.02. The summed E-state index contributed by atoms with van der Waals surface area (Å²) in [5, 5.41) is 3.15. The van der Waals surface area contributed by atoms with Crippen LogP contribution in [0.2, 0.25) is 0 Å². The van der Waals surface area contributed by atoms with Crippen molar-refractivity contribution >= 4 is 11.8 Å². The van der Waals surface area contributed by atoms with E-state index in [0.29, 0.717) is 35.7 Å². The number of carbonyl (C=O) groups is 2. The van der Waals surface area contributed by atoms with Gasteiger partial charge in [0, 0.05) is 38.3 Å². The molecule has 0 aromatic heterocycles. The van der Waals surface area contributed by atoms with Crippen molar-refractivity contribution in [1.82, 2.24) is 15.1 Å². The number of benzene rings is 2. The maximum absolute atomic E-state index is 13.8. The summed E-state index contributed by atoms with van der Waals surface area (Å²) in [7, 11) is 3.11. The van der Waals surface area contributed by atoms with Crippen LogP contribution in [0.25, 0.3) is 0 Å². The van der Waals surface area contributed by atoms with Crippen molar-refractivity contribution in [1.29, 1.82) is 0 Å². The molecule has 0 radical (unpaired) electrons. The van der Waals surface area contributed by atoms with Crippen LogP contribution in [0, 0.1) is 0 Å². The SMILES string of the molecule is COc1cc2c(cc1OC)[C@@H](C(=O)NCCN1CCOCC1)[C@@H]1c3ccccc3CCN1C2=O. The third-order valence-electron chi connectivity index (χ3n) is 7.14. The number of nitrogens with one attached hydrogen (secondary N) is 1. The molecule has 2 amide bonds. The van der Waals surface area contributed by atoms with Crippen LogP contribution in [0.3, 0.4) is 0 Å². The normalized spacial score (nSPS) is 21.8. The number of methoxy groups -OCH3 is 2. The minimum absolute atomic E-state index is 0.0761. The number of rotatable bonds is 6. The van der Waals surface area contributed by atoms with Gasteiger partial charge >= 0.3 is 0 Å². The first kappa shape index (κ1) is 22.7. The monoisotopic (exact) mass is 465 g/mol. The van der Waals surface area contributed by atoms with E-state index in [1.54, 1.807) is 26.4 Å². The summed E-state index contributed by atoms with van der Waals surface area (Å²) in [4.78, 5) is 31.5. The Morgan fingerprint density at radius 3 is 2.56 bits per heavy atom. The molecule has 0 bridgehead atoms. The highest BCUT2D eigenvalue weighted by atomic mass is 16.5. The molecule has 1 fully saturated rings. The molecule has 2 atom stereocenters.